The first-order valence-corrected chi connectivity index (χ1v) is 16.7. The van der Waals surface area contributed by atoms with E-state index in [1.54, 1.807) is 0 Å². The Kier molecular flexibility index (Phi) is 16.1. The van der Waals surface area contributed by atoms with Gasteiger partial charge in [0.2, 0.25) is 0 Å². The molecule has 5 aromatic rings. The number of hydrogen-bond acceptors (Lipinski definition) is 1. The van der Waals surface area contributed by atoms with E-state index in [9.17, 15) is 0 Å². The summed E-state index contributed by atoms with van der Waals surface area (Å²) in [6.45, 7) is 16.5. The molecule has 2 unspecified atom stereocenters. The summed E-state index contributed by atoms with van der Waals surface area (Å²) in [5.74, 6) is 1.34. The molecule has 2 nitrogen and oxygen atoms in total. The Morgan fingerprint density at radius 3 is 1.64 bits per heavy atom. The average molecular weight is 785 g/mol. The Morgan fingerprint density at radius 1 is 0.681 bits per heavy atom. The van der Waals surface area contributed by atoms with Crippen molar-refractivity contribution in [2.75, 3.05) is 0 Å². The minimum Gasteiger partial charge on any atom is -0.676 e. The quantitative estimate of drug-likeness (QED) is 0.114. The first-order chi connectivity index (χ1) is 22.3. The zero-order valence-corrected chi connectivity index (χ0v) is 32.2. The van der Waals surface area contributed by atoms with Crippen LogP contribution in [0.5, 0.6) is 0 Å². The second-order valence-corrected chi connectivity index (χ2v) is 12.7. The number of rotatable bonds is 8. The van der Waals surface area contributed by atoms with E-state index < -0.39 is 0 Å². The fourth-order valence-electron chi connectivity index (χ4n) is 5.73. The zero-order chi connectivity index (χ0) is 32.7. The molecule has 0 bridgehead atoms. The molecule has 0 aliphatic heterocycles. The van der Waals surface area contributed by atoms with Gasteiger partial charge in [-0.2, -0.15) is 55.7 Å². The topological polar surface area (TPSA) is 27.0 Å². The van der Waals surface area contributed by atoms with Gasteiger partial charge in [0.05, 0.1) is 0 Å². The van der Waals surface area contributed by atoms with Crippen molar-refractivity contribution < 1.29 is 25.8 Å². The fourth-order valence-corrected chi connectivity index (χ4v) is 5.73. The molecule has 1 saturated carbocycles. The summed E-state index contributed by atoms with van der Waals surface area (Å²) < 4.78 is 0. The number of hydrogen-bond donors (Lipinski definition) is 0. The van der Waals surface area contributed by atoms with Gasteiger partial charge in [0.25, 0.3) is 0 Å². The molecule has 0 amide bonds. The summed E-state index contributed by atoms with van der Waals surface area (Å²) in [6.07, 6.45) is 6.97. The zero-order valence-electron chi connectivity index (χ0n) is 28.6. The Balaban J connectivity index is 0.000000329. The minimum absolute atomic E-state index is 0. The Bertz CT molecular complexity index is 1500. The maximum Gasteiger partial charge on any atom is 4.00 e. The molecule has 1 fully saturated rings. The van der Waals surface area contributed by atoms with Crippen molar-refractivity contribution in [3.63, 3.8) is 0 Å². The maximum absolute atomic E-state index is 5.46. The average Bonchev–Trinajstić information content (AvgIpc) is 3.62. The van der Waals surface area contributed by atoms with Crippen LogP contribution in [0.4, 0.5) is 5.69 Å². The van der Waals surface area contributed by atoms with Crippen LogP contribution in [0.15, 0.2) is 127 Å². The molecule has 47 heavy (non-hydrogen) atoms. The molecule has 0 radical (unpaired) electrons. The van der Waals surface area contributed by atoms with Gasteiger partial charge >= 0.3 is 25.8 Å². The minimum atomic E-state index is -0.00356. The smallest absolute Gasteiger partial charge is 0.676 e. The van der Waals surface area contributed by atoms with E-state index in [0.717, 1.165) is 28.9 Å². The molecule has 6 rings (SSSR count). The first-order valence-electron chi connectivity index (χ1n) is 16.7. The van der Waals surface area contributed by atoms with Gasteiger partial charge in [-0.25, -0.2) is 0 Å². The molecule has 240 valence electrons. The van der Waals surface area contributed by atoms with Gasteiger partial charge in [-0.1, -0.05) is 124 Å². The van der Waals surface area contributed by atoms with Gasteiger partial charge in [0, 0.05) is 11.4 Å². The van der Waals surface area contributed by atoms with Crippen LogP contribution in [0.25, 0.3) is 5.32 Å². The third kappa shape index (κ3) is 12.2. The van der Waals surface area contributed by atoms with Gasteiger partial charge in [-0.15, -0.1) is 35.9 Å². The Labute approximate surface area is 304 Å². The normalized spacial score (nSPS) is 14.2. The van der Waals surface area contributed by atoms with E-state index in [-0.39, 0.29) is 31.9 Å². The van der Waals surface area contributed by atoms with Crippen LogP contribution in [-0.2, 0) is 32.3 Å². The van der Waals surface area contributed by atoms with Gasteiger partial charge < -0.3 is 11.7 Å². The summed E-state index contributed by atoms with van der Waals surface area (Å²) in [6, 6.07) is 43.7. The van der Waals surface area contributed by atoms with Crippen LogP contribution in [-0.4, -0.2) is 4.98 Å². The molecule has 0 spiro atoms. The van der Waals surface area contributed by atoms with Crippen LogP contribution in [0, 0.1) is 20.3 Å². The molecule has 0 saturated heterocycles. The van der Waals surface area contributed by atoms with Gasteiger partial charge in [0.15, 0.2) is 0 Å². The number of nitrogens with zero attached hydrogens (tertiary/aromatic N) is 2. The second-order valence-electron chi connectivity index (χ2n) is 12.7. The van der Waals surface area contributed by atoms with Crippen LogP contribution < -0.4 is 0 Å². The number of pyridine rings is 1. The van der Waals surface area contributed by atoms with Crippen molar-refractivity contribution in [3.8, 4) is 0 Å². The predicted molar refractivity (Wildman–Crippen MR) is 197 cm³/mol. The van der Waals surface area contributed by atoms with E-state index >= 15 is 0 Å². The largest absolute Gasteiger partial charge is 4.00 e. The first kappa shape index (κ1) is 37.9. The maximum atomic E-state index is 5.46. The van der Waals surface area contributed by atoms with Crippen molar-refractivity contribution in [2.45, 2.75) is 77.2 Å². The molecule has 2 atom stereocenters. The Morgan fingerprint density at radius 2 is 1.19 bits per heavy atom. The fraction of sp³-hybridized carbons (Fsp3) is 0.273. The molecule has 1 aliphatic rings. The molecular formula is C44H50HfN2. The van der Waals surface area contributed by atoms with Crippen LogP contribution >= 0.6 is 0 Å². The number of para-hydroxylation sites is 1. The van der Waals surface area contributed by atoms with E-state index in [4.69, 9.17) is 10.3 Å². The third-order valence-corrected chi connectivity index (χ3v) is 8.27. The second kappa shape index (κ2) is 20.0. The Hall–Kier alpha value is -3.56. The predicted octanol–water partition coefficient (Wildman–Crippen LogP) is 12.5. The monoisotopic (exact) mass is 786 g/mol. The molecule has 4 aromatic carbocycles. The summed E-state index contributed by atoms with van der Waals surface area (Å²) >= 11 is 0. The van der Waals surface area contributed by atoms with Crippen LogP contribution in [0.3, 0.4) is 0 Å². The van der Waals surface area contributed by atoms with Gasteiger partial charge in [0.1, 0.15) is 0 Å². The van der Waals surface area contributed by atoms with Crippen molar-refractivity contribution >= 4 is 5.69 Å². The molecule has 3 heteroatoms. The summed E-state index contributed by atoms with van der Waals surface area (Å²) in [5, 5.41) is 5.46. The third-order valence-electron chi connectivity index (χ3n) is 8.27. The number of aromatic nitrogens is 1. The molecule has 1 heterocycles. The SMILES string of the molecule is CC(C)c1cccc(C(C)C)c1[N-]C(Cc1ccccc1)c1cccc(C2[CH-]CCC2)n1.[CH2-]c1ccccc1.[CH2-]c1ccccc1.[Hf+4]. The van der Waals surface area contributed by atoms with E-state index in [1.807, 2.05) is 60.7 Å². The molecule has 0 N–H and O–H groups in total. The van der Waals surface area contributed by atoms with Crippen molar-refractivity contribution in [1.29, 1.82) is 0 Å². The van der Waals surface area contributed by atoms with E-state index in [2.05, 4.69) is 115 Å². The summed E-state index contributed by atoms with van der Waals surface area (Å²) in [4.78, 5) is 5.17. The van der Waals surface area contributed by atoms with Gasteiger partial charge in [-0.05, 0) is 36.0 Å². The van der Waals surface area contributed by atoms with Crippen molar-refractivity contribution in [1.82, 2.24) is 4.98 Å². The molecule has 1 aliphatic carbocycles. The molecule has 1 aromatic heterocycles. The molecular weight excluding hydrogens is 735 g/mol. The number of benzene rings is 4. The van der Waals surface area contributed by atoms with Crippen molar-refractivity contribution in [2.24, 2.45) is 0 Å². The van der Waals surface area contributed by atoms with Crippen LogP contribution in [0.1, 0.15) is 110 Å². The standard InChI is InChI=1S/C30H36N2.2C7H7.Hf/c1-21(2)25-16-10-17-26(22(3)4)30(25)32-29(20-23-12-6-5-7-13-23)28-19-11-18-27(31-28)24-14-8-9-15-24;2*1-7-5-3-2-4-6-7;/h5-7,10-14,16-19,21-22,24,29H,8-9,15,20H2,1-4H3;2*2-6H,1H2;/q-2;2*-1;+4. The van der Waals surface area contributed by atoms with E-state index in [0.29, 0.717) is 17.8 Å². The van der Waals surface area contributed by atoms with Crippen LogP contribution in [0.2, 0.25) is 0 Å². The van der Waals surface area contributed by atoms with E-state index in [1.165, 1.54) is 41.6 Å². The van der Waals surface area contributed by atoms with Crippen molar-refractivity contribution in [3.05, 3.63) is 192 Å². The summed E-state index contributed by atoms with van der Waals surface area (Å²) in [5.41, 5.74) is 9.55. The van der Waals surface area contributed by atoms with Gasteiger partial charge in [-0.3, -0.25) is 4.98 Å². The summed E-state index contributed by atoms with van der Waals surface area (Å²) in [7, 11) is 0.